The van der Waals surface area contributed by atoms with Crippen LogP contribution >= 0.6 is 0 Å². The quantitative estimate of drug-likeness (QED) is 0.409. The van der Waals surface area contributed by atoms with Crippen molar-refractivity contribution in [3.8, 4) is 11.6 Å². The maximum Gasteiger partial charge on any atom is 0.263 e. The maximum absolute atomic E-state index is 13.1. The standard InChI is InChI=1S/C26H31N7O2/c1-3-4-8-18-11-13-19(14-12-18)24(34)28-22-15-17(2)31-33(22)26-29-23-21(25(35)30-26)16-27-32(23)20-9-6-5-7-10-20/h5-7,9-10,15-16,18-19H,3-4,8,11-14H2,1-2H3,(H,28,34)(H,29,30,35). The number of nitrogens with one attached hydrogen (secondary N) is 2. The lowest BCUT2D eigenvalue weighted by molar-refractivity contribution is -0.121. The highest BCUT2D eigenvalue weighted by Crippen LogP contribution is 2.32. The van der Waals surface area contributed by atoms with Crippen LogP contribution in [0.1, 0.15) is 57.6 Å². The van der Waals surface area contributed by atoms with Crippen LogP contribution in [0.25, 0.3) is 22.7 Å². The number of fused-ring (bicyclic) bond motifs is 1. The van der Waals surface area contributed by atoms with Gasteiger partial charge in [0, 0.05) is 12.0 Å². The molecule has 35 heavy (non-hydrogen) atoms. The first-order chi connectivity index (χ1) is 17.0. The van der Waals surface area contributed by atoms with Gasteiger partial charge in [0.25, 0.3) is 5.56 Å². The average Bonchev–Trinajstić information content (AvgIpc) is 3.47. The fourth-order valence-electron chi connectivity index (χ4n) is 4.95. The summed E-state index contributed by atoms with van der Waals surface area (Å²) in [7, 11) is 0. The van der Waals surface area contributed by atoms with E-state index in [0.29, 0.717) is 22.5 Å². The second-order valence-electron chi connectivity index (χ2n) is 9.45. The molecule has 0 spiro atoms. The van der Waals surface area contributed by atoms with Crippen molar-refractivity contribution in [2.24, 2.45) is 11.8 Å². The van der Waals surface area contributed by atoms with Crippen molar-refractivity contribution in [3.63, 3.8) is 0 Å². The molecule has 1 saturated carbocycles. The first-order valence-electron chi connectivity index (χ1n) is 12.4. The summed E-state index contributed by atoms with van der Waals surface area (Å²) in [5.74, 6) is 1.45. The van der Waals surface area contributed by atoms with Gasteiger partial charge in [0.15, 0.2) is 5.65 Å². The minimum Gasteiger partial charge on any atom is -0.310 e. The van der Waals surface area contributed by atoms with Gasteiger partial charge in [-0.05, 0) is 50.7 Å². The van der Waals surface area contributed by atoms with Crippen molar-refractivity contribution in [2.45, 2.75) is 58.8 Å². The molecule has 3 heterocycles. The molecule has 0 saturated heterocycles. The highest BCUT2D eigenvalue weighted by molar-refractivity contribution is 5.92. The van der Waals surface area contributed by atoms with Crippen LogP contribution < -0.4 is 10.9 Å². The van der Waals surface area contributed by atoms with E-state index in [9.17, 15) is 9.59 Å². The van der Waals surface area contributed by atoms with Crippen molar-refractivity contribution in [1.82, 2.24) is 29.5 Å². The van der Waals surface area contributed by atoms with Gasteiger partial charge < -0.3 is 5.32 Å². The number of anilines is 1. The first kappa shape index (κ1) is 23.0. The molecule has 0 bridgehead atoms. The van der Waals surface area contributed by atoms with Crippen LogP contribution in [-0.2, 0) is 4.79 Å². The van der Waals surface area contributed by atoms with Crippen LogP contribution in [0.5, 0.6) is 0 Å². The van der Waals surface area contributed by atoms with Crippen LogP contribution in [0.4, 0.5) is 5.82 Å². The van der Waals surface area contributed by atoms with Gasteiger partial charge in [-0.1, -0.05) is 44.4 Å². The number of amides is 1. The summed E-state index contributed by atoms with van der Waals surface area (Å²) >= 11 is 0. The Balaban J connectivity index is 1.41. The molecule has 5 rings (SSSR count). The van der Waals surface area contributed by atoms with Gasteiger partial charge in [-0.25, -0.2) is 4.68 Å². The Labute approximate surface area is 203 Å². The maximum atomic E-state index is 13.1. The van der Waals surface area contributed by atoms with Crippen molar-refractivity contribution in [3.05, 3.63) is 58.6 Å². The van der Waals surface area contributed by atoms with E-state index in [0.717, 1.165) is 37.3 Å². The molecule has 9 nitrogen and oxygen atoms in total. The lowest BCUT2D eigenvalue weighted by Gasteiger charge is -2.27. The van der Waals surface area contributed by atoms with Gasteiger partial charge in [-0.3, -0.25) is 14.6 Å². The van der Waals surface area contributed by atoms with Crippen molar-refractivity contribution in [2.75, 3.05) is 5.32 Å². The fourth-order valence-corrected chi connectivity index (χ4v) is 4.95. The number of aromatic nitrogens is 6. The summed E-state index contributed by atoms with van der Waals surface area (Å²) in [4.78, 5) is 33.4. The second-order valence-corrected chi connectivity index (χ2v) is 9.45. The number of benzene rings is 1. The molecule has 182 valence electrons. The Hall–Kier alpha value is -3.75. The van der Waals surface area contributed by atoms with Gasteiger partial charge in [-0.2, -0.15) is 19.9 Å². The predicted molar refractivity (Wildman–Crippen MR) is 135 cm³/mol. The summed E-state index contributed by atoms with van der Waals surface area (Å²) in [5.41, 5.74) is 1.61. The largest absolute Gasteiger partial charge is 0.310 e. The summed E-state index contributed by atoms with van der Waals surface area (Å²) in [6.45, 7) is 4.06. The number of para-hydroxylation sites is 1. The number of unbranched alkanes of at least 4 members (excludes halogenated alkanes) is 1. The van der Waals surface area contributed by atoms with E-state index in [2.05, 4.69) is 32.4 Å². The SMILES string of the molecule is CCCCC1CCC(C(=O)Nc2cc(C)nn2-c2nc3c(cnn3-c3ccccc3)c(=O)[nH]2)CC1. The third kappa shape index (κ3) is 4.76. The molecular weight excluding hydrogens is 442 g/mol. The Bertz CT molecular complexity index is 1380. The number of H-pyrrole nitrogens is 1. The Morgan fingerprint density at radius 3 is 2.66 bits per heavy atom. The van der Waals surface area contributed by atoms with E-state index in [1.54, 1.807) is 10.7 Å². The zero-order chi connectivity index (χ0) is 24.4. The van der Waals surface area contributed by atoms with E-state index in [1.165, 1.54) is 30.1 Å². The van der Waals surface area contributed by atoms with E-state index in [4.69, 9.17) is 0 Å². The third-order valence-electron chi connectivity index (χ3n) is 6.89. The molecule has 9 heteroatoms. The van der Waals surface area contributed by atoms with Gasteiger partial charge in [-0.15, -0.1) is 0 Å². The van der Waals surface area contributed by atoms with Crippen molar-refractivity contribution in [1.29, 1.82) is 0 Å². The van der Waals surface area contributed by atoms with Crippen LogP contribution in [0.3, 0.4) is 0 Å². The monoisotopic (exact) mass is 473 g/mol. The topological polar surface area (TPSA) is 110 Å². The average molecular weight is 474 g/mol. The molecular formula is C26H31N7O2. The van der Waals surface area contributed by atoms with Crippen LogP contribution in [0, 0.1) is 18.8 Å². The highest BCUT2D eigenvalue weighted by Gasteiger charge is 2.27. The van der Waals surface area contributed by atoms with E-state index in [1.807, 2.05) is 37.3 Å². The predicted octanol–water partition coefficient (Wildman–Crippen LogP) is 4.54. The molecule has 0 unspecified atom stereocenters. The Kier molecular flexibility index (Phi) is 6.48. The smallest absolute Gasteiger partial charge is 0.263 e. The summed E-state index contributed by atoms with van der Waals surface area (Å²) in [6.07, 6.45) is 9.27. The third-order valence-corrected chi connectivity index (χ3v) is 6.89. The van der Waals surface area contributed by atoms with Crippen LogP contribution in [0.15, 0.2) is 47.4 Å². The first-order valence-corrected chi connectivity index (χ1v) is 12.4. The number of carbonyl (C=O) groups is 1. The molecule has 3 aromatic heterocycles. The lowest BCUT2D eigenvalue weighted by Crippen LogP contribution is -2.28. The Morgan fingerprint density at radius 1 is 1.14 bits per heavy atom. The summed E-state index contributed by atoms with van der Waals surface area (Å²) in [6, 6.07) is 11.3. The zero-order valence-corrected chi connectivity index (χ0v) is 20.2. The summed E-state index contributed by atoms with van der Waals surface area (Å²) < 4.78 is 3.11. The van der Waals surface area contributed by atoms with Crippen LogP contribution in [-0.4, -0.2) is 35.4 Å². The molecule has 0 aliphatic heterocycles. The van der Waals surface area contributed by atoms with Gasteiger partial charge in [0.1, 0.15) is 11.2 Å². The molecule has 1 aromatic carbocycles. The number of carbonyl (C=O) groups excluding carboxylic acids is 1. The summed E-state index contributed by atoms with van der Waals surface area (Å²) in [5, 5.41) is 12.3. The van der Waals surface area contributed by atoms with Gasteiger partial charge in [0.05, 0.1) is 17.6 Å². The van der Waals surface area contributed by atoms with Crippen LogP contribution in [0.2, 0.25) is 0 Å². The van der Waals surface area contributed by atoms with E-state index in [-0.39, 0.29) is 23.3 Å². The number of hydrogen-bond donors (Lipinski definition) is 2. The normalized spacial score (nSPS) is 18.1. The second kappa shape index (κ2) is 9.85. The van der Waals surface area contributed by atoms with Crippen molar-refractivity contribution >= 4 is 22.8 Å². The highest BCUT2D eigenvalue weighted by atomic mass is 16.2. The van der Waals surface area contributed by atoms with Gasteiger partial charge in [0.2, 0.25) is 11.9 Å². The van der Waals surface area contributed by atoms with Gasteiger partial charge >= 0.3 is 0 Å². The minimum atomic E-state index is -0.317. The molecule has 0 radical (unpaired) electrons. The molecule has 1 aliphatic rings. The number of aryl methyl sites for hydroxylation is 1. The van der Waals surface area contributed by atoms with Crippen molar-refractivity contribution < 1.29 is 4.79 Å². The molecule has 2 N–H and O–H groups in total. The minimum absolute atomic E-state index is 0.00200. The lowest BCUT2D eigenvalue weighted by atomic mass is 9.79. The zero-order valence-electron chi connectivity index (χ0n) is 20.2. The molecule has 4 aromatic rings. The Morgan fingerprint density at radius 2 is 1.91 bits per heavy atom. The number of nitrogens with zero attached hydrogens (tertiary/aromatic N) is 5. The molecule has 1 aliphatic carbocycles. The number of rotatable bonds is 7. The van der Waals surface area contributed by atoms with E-state index < -0.39 is 0 Å². The number of aromatic amines is 1. The molecule has 1 fully saturated rings. The molecule has 0 atom stereocenters. The number of hydrogen-bond acceptors (Lipinski definition) is 5. The fraction of sp³-hybridized carbons (Fsp3) is 0.423. The molecule has 1 amide bonds. The van der Waals surface area contributed by atoms with E-state index >= 15 is 0 Å².